The van der Waals surface area contributed by atoms with E-state index in [1.807, 2.05) is 6.07 Å². The highest BCUT2D eigenvalue weighted by molar-refractivity contribution is 6.65. The van der Waals surface area contributed by atoms with E-state index < -0.39 is 26.7 Å². The summed E-state index contributed by atoms with van der Waals surface area (Å²) in [6, 6.07) is 8.88. The predicted octanol–water partition coefficient (Wildman–Crippen LogP) is 1.80. The maximum absolute atomic E-state index is 12.0. The molecular weight excluding hydrogens is 332 g/mol. The fraction of sp³-hybridized carbons (Fsp3) is 0.438. The Morgan fingerprint density at radius 1 is 0.958 bits per heavy atom. The lowest BCUT2D eigenvalue weighted by Crippen LogP contribution is -2.52. The Labute approximate surface area is 142 Å². The number of ether oxygens (including phenoxy) is 1. The molecule has 0 fully saturated rings. The van der Waals surface area contributed by atoms with Crippen molar-refractivity contribution in [2.75, 3.05) is 6.61 Å². The van der Waals surface area contributed by atoms with E-state index in [2.05, 4.69) is 0 Å². The van der Waals surface area contributed by atoms with Crippen LogP contribution in [0.3, 0.4) is 0 Å². The Morgan fingerprint density at radius 3 is 1.96 bits per heavy atom. The van der Waals surface area contributed by atoms with E-state index >= 15 is 0 Å². The van der Waals surface area contributed by atoms with E-state index in [-0.39, 0.29) is 18.8 Å². The topological polar surface area (TPSA) is 88.1 Å². The number of benzene rings is 1. The van der Waals surface area contributed by atoms with Crippen molar-refractivity contribution in [3.63, 3.8) is 0 Å². The van der Waals surface area contributed by atoms with Gasteiger partial charge >= 0.3 is 14.8 Å². The van der Waals surface area contributed by atoms with E-state index in [1.54, 1.807) is 38.1 Å². The molecule has 0 aliphatic heterocycles. The summed E-state index contributed by atoms with van der Waals surface area (Å²) in [7, 11) is -3.93. The average molecular weight is 354 g/mol. The largest absolute Gasteiger partial charge is 0.709 e. The zero-order valence-corrected chi connectivity index (χ0v) is 15.2. The van der Waals surface area contributed by atoms with Gasteiger partial charge in [-0.05, 0) is 19.4 Å². The standard InChI is InChI=1S/C16H22O7Si/c1-12(2)20-10-16(19)23-24(21-13(3)17,22-14(4)18)11-15-8-6-5-7-9-15/h5-9,12H,10-11H2,1-4H3. The third kappa shape index (κ3) is 7.38. The van der Waals surface area contributed by atoms with Crippen molar-refractivity contribution in [1.82, 2.24) is 0 Å². The first-order chi connectivity index (χ1) is 11.2. The monoisotopic (exact) mass is 354 g/mol. The van der Waals surface area contributed by atoms with Gasteiger partial charge in [-0.1, -0.05) is 30.3 Å². The Kier molecular flexibility index (Phi) is 7.60. The molecule has 1 aromatic carbocycles. The third-order valence-electron chi connectivity index (χ3n) is 2.67. The summed E-state index contributed by atoms with van der Waals surface area (Å²) in [6.07, 6.45) is -0.176. The summed E-state index contributed by atoms with van der Waals surface area (Å²) >= 11 is 0. The molecule has 0 aliphatic carbocycles. The second kappa shape index (κ2) is 9.19. The fourth-order valence-electron chi connectivity index (χ4n) is 1.89. The van der Waals surface area contributed by atoms with E-state index in [9.17, 15) is 14.4 Å². The van der Waals surface area contributed by atoms with Gasteiger partial charge in [0.2, 0.25) is 0 Å². The smallest absolute Gasteiger partial charge is 0.455 e. The summed E-state index contributed by atoms with van der Waals surface area (Å²) in [4.78, 5) is 35.0. The lowest BCUT2D eigenvalue weighted by Gasteiger charge is -2.27. The molecule has 0 N–H and O–H groups in total. The van der Waals surface area contributed by atoms with Crippen LogP contribution in [0.15, 0.2) is 30.3 Å². The van der Waals surface area contributed by atoms with Gasteiger partial charge in [0.25, 0.3) is 11.9 Å². The molecule has 0 radical (unpaired) electrons. The van der Waals surface area contributed by atoms with E-state index in [0.29, 0.717) is 5.56 Å². The highest BCUT2D eigenvalue weighted by atomic mass is 28.4. The van der Waals surface area contributed by atoms with Gasteiger partial charge in [-0.3, -0.25) is 14.4 Å². The molecule has 0 aliphatic rings. The first-order valence-corrected chi connectivity index (χ1v) is 9.42. The van der Waals surface area contributed by atoms with Crippen LogP contribution < -0.4 is 0 Å². The summed E-state index contributed by atoms with van der Waals surface area (Å²) in [5, 5.41) is 0. The molecule has 7 nitrogen and oxygen atoms in total. The summed E-state index contributed by atoms with van der Waals surface area (Å²) in [5.41, 5.74) is 0.712. The van der Waals surface area contributed by atoms with Crippen molar-refractivity contribution in [3.05, 3.63) is 35.9 Å². The van der Waals surface area contributed by atoms with Gasteiger partial charge in [0, 0.05) is 13.8 Å². The van der Waals surface area contributed by atoms with Gasteiger partial charge in [0.1, 0.15) is 6.61 Å². The Bertz CT molecular complexity index is 555. The van der Waals surface area contributed by atoms with Crippen molar-refractivity contribution in [2.45, 2.75) is 39.8 Å². The zero-order valence-electron chi connectivity index (χ0n) is 14.2. The highest BCUT2D eigenvalue weighted by Gasteiger charge is 2.52. The maximum atomic E-state index is 12.0. The minimum Gasteiger partial charge on any atom is -0.455 e. The van der Waals surface area contributed by atoms with Crippen molar-refractivity contribution in [3.8, 4) is 0 Å². The molecule has 1 rings (SSSR count). The summed E-state index contributed by atoms with van der Waals surface area (Å²) in [5.74, 6) is -2.15. The first kappa shape index (κ1) is 19.9. The molecule has 132 valence electrons. The molecule has 0 unspecified atom stereocenters. The molecule has 0 atom stereocenters. The van der Waals surface area contributed by atoms with Crippen molar-refractivity contribution >= 4 is 26.7 Å². The lowest BCUT2D eigenvalue weighted by molar-refractivity contribution is -0.152. The van der Waals surface area contributed by atoms with Crippen LogP contribution in [0.2, 0.25) is 0 Å². The minimum absolute atomic E-state index is 0.000415. The Hall–Kier alpha value is -2.19. The van der Waals surface area contributed by atoms with Crippen LogP contribution in [0.4, 0.5) is 0 Å². The molecule has 0 heterocycles. The number of rotatable bonds is 8. The van der Waals surface area contributed by atoms with Gasteiger partial charge in [0.15, 0.2) is 0 Å². The molecular formula is C16H22O7Si. The zero-order chi connectivity index (χ0) is 18.2. The highest BCUT2D eigenvalue weighted by Crippen LogP contribution is 2.18. The lowest BCUT2D eigenvalue weighted by atomic mass is 10.2. The van der Waals surface area contributed by atoms with Gasteiger partial charge < -0.3 is 18.0 Å². The SMILES string of the molecule is CC(=O)O[Si](Cc1ccccc1)(OC(C)=O)OC(=O)COC(C)C. The van der Waals surface area contributed by atoms with Gasteiger partial charge in [-0.2, -0.15) is 0 Å². The van der Waals surface area contributed by atoms with Gasteiger partial charge in [-0.15, -0.1) is 0 Å². The Morgan fingerprint density at radius 2 is 1.50 bits per heavy atom. The van der Waals surface area contributed by atoms with Crippen LogP contribution in [-0.2, 0) is 38.4 Å². The number of carbonyl (C=O) groups is 3. The Balaban J connectivity index is 3.03. The molecule has 0 spiro atoms. The maximum Gasteiger partial charge on any atom is 0.709 e. The van der Waals surface area contributed by atoms with Gasteiger partial charge in [-0.25, -0.2) is 0 Å². The average Bonchev–Trinajstić information content (AvgIpc) is 2.44. The van der Waals surface area contributed by atoms with Crippen molar-refractivity contribution in [1.29, 1.82) is 0 Å². The summed E-state index contributed by atoms with van der Waals surface area (Å²) in [6.45, 7) is 5.52. The third-order valence-corrected chi connectivity index (χ3v) is 5.24. The molecule has 0 saturated heterocycles. The predicted molar refractivity (Wildman–Crippen MR) is 86.6 cm³/mol. The number of carbonyl (C=O) groups excluding carboxylic acids is 3. The minimum atomic E-state index is -3.93. The molecule has 0 saturated carbocycles. The van der Waals surface area contributed by atoms with Crippen LogP contribution in [-0.4, -0.2) is 39.4 Å². The normalized spacial score (nSPS) is 11.0. The number of hydrogen-bond donors (Lipinski definition) is 0. The van der Waals surface area contributed by atoms with Crippen LogP contribution >= 0.6 is 0 Å². The van der Waals surface area contributed by atoms with E-state index in [4.69, 9.17) is 18.0 Å². The molecule has 0 bridgehead atoms. The van der Waals surface area contributed by atoms with Crippen LogP contribution in [0, 0.1) is 0 Å². The first-order valence-electron chi connectivity index (χ1n) is 7.49. The van der Waals surface area contributed by atoms with Crippen LogP contribution in [0.25, 0.3) is 0 Å². The van der Waals surface area contributed by atoms with Crippen molar-refractivity contribution in [2.24, 2.45) is 0 Å². The summed E-state index contributed by atoms with van der Waals surface area (Å²) < 4.78 is 20.9. The van der Waals surface area contributed by atoms with E-state index in [0.717, 1.165) is 13.8 Å². The molecule has 8 heteroatoms. The molecule has 0 aromatic heterocycles. The van der Waals surface area contributed by atoms with E-state index in [1.165, 1.54) is 0 Å². The number of hydrogen-bond acceptors (Lipinski definition) is 7. The quantitative estimate of drug-likeness (QED) is 0.658. The van der Waals surface area contributed by atoms with Gasteiger partial charge in [0.05, 0.1) is 12.1 Å². The fourth-order valence-corrected chi connectivity index (χ4v) is 4.25. The second-order valence-corrected chi connectivity index (χ2v) is 7.70. The van der Waals surface area contributed by atoms with Crippen LogP contribution in [0.5, 0.6) is 0 Å². The second-order valence-electron chi connectivity index (χ2n) is 5.37. The van der Waals surface area contributed by atoms with Crippen LogP contribution in [0.1, 0.15) is 33.3 Å². The molecule has 0 amide bonds. The molecule has 1 aromatic rings. The molecule has 24 heavy (non-hydrogen) atoms. The van der Waals surface area contributed by atoms with Crippen molar-refractivity contribution < 1.29 is 32.4 Å².